The van der Waals surface area contributed by atoms with Gasteiger partial charge in [0.25, 0.3) is 5.91 Å². The standard InChI is InChI=1S/C24H25N3O/c28-23(26-24-12-16-8-17(13-24)10-18(9-16)14-24)20-6-7-27-15-21(25-22(27)11-20)19-4-2-1-3-5-19/h1-7,11,15-18H,8-10,12-14H2,(H,26,28). The van der Waals surface area contributed by atoms with Crippen LogP contribution in [0, 0.1) is 17.8 Å². The zero-order valence-electron chi connectivity index (χ0n) is 16.0. The van der Waals surface area contributed by atoms with Crippen LogP contribution in [0.4, 0.5) is 0 Å². The highest BCUT2D eigenvalue weighted by Gasteiger charge is 2.51. The lowest BCUT2D eigenvalue weighted by Crippen LogP contribution is -2.59. The smallest absolute Gasteiger partial charge is 0.251 e. The molecule has 4 fully saturated rings. The van der Waals surface area contributed by atoms with E-state index in [-0.39, 0.29) is 11.4 Å². The number of aromatic nitrogens is 2. The van der Waals surface area contributed by atoms with Crippen LogP contribution in [-0.2, 0) is 0 Å². The number of hydrogen-bond donors (Lipinski definition) is 1. The van der Waals surface area contributed by atoms with Gasteiger partial charge in [0.15, 0.2) is 0 Å². The van der Waals surface area contributed by atoms with E-state index in [1.54, 1.807) is 0 Å². The molecule has 142 valence electrons. The van der Waals surface area contributed by atoms with Crippen molar-refractivity contribution in [3.05, 3.63) is 60.4 Å². The Morgan fingerprint density at radius 1 is 1.00 bits per heavy atom. The van der Waals surface area contributed by atoms with Crippen molar-refractivity contribution < 1.29 is 4.79 Å². The first-order chi connectivity index (χ1) is 13.7. The Morgan fingerprint density at radius 3 is 2.36 bits per heavy atom. The van der Waals surface area contributed by atoms with Gasteiger partial charge < -0.3 is 9.72 Å². The fraction of sp³-hybridized carbons (Fsp3) is 0.417. The molecule has 0 aliphatic heterocycles. The summed E-state index contributed by atoms with van der Waals surface area (Å²) in [6, 6.07) is 14.0. The van der Waals surface area contributed by atoms with Crippen molar-refractivity contribution >= 4 is 11.6 Å². The number of imidazole rings is 1. The Kier molecular flexibility index (Phi) is 3.47. The minimum absolute atomic E-state index is 0.0442. The highest BCUT2D eigenvalue weighted by molar-refractivity contribution is 5.95. The summed E-state index contributed by atoms with van der Waals surface area (Å²) in [5.74, 6) is 2.55. The third-order valence-electron chi connectivity index (χ3n) is 7.21. The summed E-state index contributed by atoms with van der Waals surface area (Å²) < 4.78 is 1.99. The summed E-state index contributed by atoms with van der Waals surface area (Å²) in [5.41, 5.74) is 3.60. The van der Waals surface area contributed by atoms with Crippen molar-refractivity contribution in [3.63, 3.8) is 0 Å². The summed E-state index contributed by atoms with van der Waals surface area (Å²) in [4.78, 5) is 17.8. The molecule has 0 atom stereocenters. The minimum atomic E-state index is 0.0442. The van der Waals surface area contributed by atoms with Crippen molar-refractivity contribution in [1.82, 2.24) is 14.7 Å². The summed E-state index contributed by atoms with van der Waals surface area (Å²) in [7, 11) is 0. The van der Waals surface area contributed by atoms with Crippen molar-refractivity contribution in [3.8, 4) is 11.3 Å². The zero-order valence-corrected chi connectivity index (χ0v) is 16.0. The number of hydrogen-bond acceptors (Lipinski definition) is 2. The lowest BCUT2D eigenvalue weighted by atomic mass is 9.53. The largest absolute Gasteiger partial charge is 0.347 e. The van der Waals surface area contributed by atoms with E-state index in [9.17, 15) is 4.79 Å². The number of carbonyl (C=O) groups is 1. The molecule has 1 N–H and O–H groups in total. The van der Waals surface area contributed by atoms with Crippen molar-refractivity contribution in [2.45, 2.75) is 44.1 Å². The quantitative estimate of drug-likeness (QED) is 0.725. The lowest BCUT2D eigenvalue weighted by Gasteiger charge is -2.56. The maximum atomic E-state index is 13.1. The van der Waals surface area contributed by atoms with Crippen LogP contribution >= 0.6 is 0 Å². The molecule has 4 nitrogen and oxygen atoms in total. The van der Waals surface area contributed by atoms with Gasteiger partial charge in [-0.2, -0.15) is 0 Å². The molecule has 0 unspecified atom stereocenters. The van der Waals surface area contributed by atoms with Crippen LogP contribution in [0.3, 0.4) is 0 Å². The van der Waals surface area contributed by atoms with Crippen LogP contribution in [0.25, 0.3) is 16.9 Å². The van der Waals surface area contributed by atoms with Gasteiger partial charge >= 0.3 is 0 Å². The second-order valence-corrected chi connectivity index (χ2v) is 9.33. The van der Waals surface area contributed by atoms with Crippen LogP contribution in [0.15, 0.2) is 54.9 Å². The molecule has 0 spiro atoms. The molecule has 2 aromatic heterocycles. The molecule has 4 heteroatoms. The summed E-state index contributed by atoms with van der Waals surface area (Å²) in [6.45, 7) is 0. The molecule has 0 radical (unpaired) electrons. The molecule has 3 aromatic rings. The Bertz CT molecular complexity index is 1020. The zero-order chi connectivity index (χ0) is 18.7. The number of pyridine rings is 1. The molecule has 2 heterocycles. The normalized spacial score (nSPS) is 30.6. The molecule has 0 saturated heterocycles. The first kappa shape index (κ1) is 16.3. The molecule has 28 heavy (non-hydrogen) atoms. The van der Waals surface area contributed by atoms with Gasteiger partial charge in [-0.15, -0.1) is 0 Å². The van der Waals surface area contributed by atoms with Gasteiger partial charge in [0.2, 0.25) is 0 Å². The average Bonchev–Trinajstić information content (AvgIpc) is 3.10. The molecule has 1 amide bonds. The van der Waals surface area contributed by atoms with E-state index >= 15 is 0 Å². The minimum Gasteiger partial charge on any atom is -0.347 e. The maximum Gasteiger partial charge on any atom is 0.251 e. The number of carbonyl (C=O) groups excluding carboxylic acids is 1. The van der Waals surface area contributed by atoms with E-state index in [1.165, 1.54) is 38.5 Å². The molecule has 4 aliphatic rings. The van der Waals surface area contributed by atoms with Gasteiger partial charge in [0.05, 0.1) is 5.69 Å². The summed E-state index contributed by atoms with van der Waals surface area (Å²) >= 11 is 0. The summed E-state index contributed by atoms with van der Waals surface area (Å²) in [5, 5.41) is 3.47. The van der Waals surface area contributed by atoms with E-state index in [0.717, 1.165) is 34.7 Å². The molecule has 4 bridgehead atoms. The first-order valence-corrected chi connectivity index (χ1v) is 10.5. The second kappa shape index (κ2) is 5.94. The van der Waals surface area contributed by atoms with Crippen molar-refractivity contribution in [1.29, 1.82) is 0 Å². The Morgan fingerprint density at radius 2 is 1.68 bits per heavy atom. The van der Waals surface area contributed by atoms with Crippen molar-refractivity contribution in [2.75, 3.05) is 0 Å². The third kappa shape index (κ3) is 2.66. The highest BCUT2D eigenvalue weighted by Crippen LogP contribution is 2.55. The fourth-order valence-corrected chi connectivity index (χ4v) is 6.45. The number of amides is 1. The van der Waals surface area contributed by atoms with Crippen LogP contribution in [0.2, 0.25) is 0 Å². The lowest BCUT2D eigenvalue weighted by molar-refractivity contribution is -0.0167. The first-order valence-electron chi connectivity index (χ1n) is 10.5. The molecular weight excluding hydrogens is 346 g/mol. The number of fused-ring (bicyclic) bond motifs is 1. The van der Waals surface area contributed by atoms with E-state index in [4.69, 9.17) is 4.98 Å². The number of rotatable bonds is 3. The fourth-order valence-electron chi connectivity index (χ4n) is 6.45. The number of benzene rings is 1. The average molecular weight is 371 g/mol. The Balaban J connectivity index is 1.27. The maximum absolute atomic E-state index is 13.1. The van der Waals surface area contributed by atoms with Crippen LogP contribution in [0.1, 0.15) is 48.9 Å². The topological polar surface area (TPSA) is 46.4 Å². The van der Waals surface area contributed by atoms with E-state index < -0.39 is 0 Å². The van der Waals surface area contributed by atoms with E-state index in [2.05, 4.69) is 17.4 Å². The van der Waals surface area contributed by atoms with Crippen LogP contribution < -0.4 is 5.32 Å². The molecule has 4 saturated carbocycles. The highest BCUT2D eigenvalue weighted by atomic mass is 16.1. The summed E-state index contributed by atoms with van der Waals surface area (Å²) in [6.07, 6.45) is 11.7. The van der Waals surface area contributed by atoms with Crippen LogP contribution in [-0.4, -0.2) is 20.8 Å². The predicted molar refractivity (Wildman–Crippen MR) is 109 cm³/mol. The van der Waals surface area contributed by atoms with Gasteiger partial charge in [-0.1, -0.05) is 30.3 Å². The molecular formula is C24H25N3O. The third-order valence-corrected chi connectivity index (χ3v) is 7.21. The van der Waals surface area contributed by atoms with Gasteiger partial charge in [-0.3, -0.25) is 4.79 Å². The Hall–Kier alpha value is -2.62. The van der Waals surface area contributed by atoms with Gasteiger partial charge in [-0.25, -0.2) is 4.98 Å². The van der Waals surface area contributed by atoms with Crippen LogP contribution in [0.5, 0.6) is 0 Å². The predicted octanol–water partition coefficient (Wildman–Crippen LogP) is 4.70. The van der Waals surface area contributed by atoms with Gasteiger partial charge in [0, 0.05) is 29.1 Å². The SMILES string of the molecule is O=C(NC12CC3CC(CC(C3)C1)C2)c1ccn2cc(-c3ccccc3)nc2c1. The van der Waals surface area contributed by atoms with E-state index in [0.29, 0.717) is 5.56 Å². The molecule has 1 aromatic carbocycles. The monoisotopic (exact) mass is 371 g/mol. The Labute approximate surface area is 165 Å². The number of nitrogens with zero attached hydrogens (tertiary/aromatic N) is 2. The number of nitrogens with one attached hydrogen (secondary N) is 1. The molecule has 4 aliphatic carbocycles. The van der Waals surface area contributed by atoms with E-state index in [1.807, 2.05) is 47.1 Å². The second-order valence-electron chi connectivity index (χ2n) is 9.33. The van der Waals surface area contributed by atoms with Crippen molar-refractivity contribution in [2.24, 2.45) is 17.8 Å². The van der Waals surface area contributed by atoms with Gasteiger partial charge in [0.1, 0.15) is 5.65 Å². The molecule has 7 rings (SSSR count). The van der Waals surface area contributed by atoms with Gasteiger partial charge in [-0.05, 0) is 68.4 Å².